The fourth-order valence-corrected chi connectivity index (χ4v) is 2.64. The number of rotatable bonds is 3. The van der Waals surface area contributed by atoms with Gasteiger partial charge < -0.3 is 15.0 Å². The quantitative estimate of drug-likeness (QED) is 0.893. The minimum absolute atomic E-state index is 0.0262. The molecule has 5 nitrogen and oxygen atoms in total. The number of nitrogens with one attached hydrogen (secondary N) is 1. The van der Waals surface area contributed by atoms with E-state index in [9.17, 15) is 9.59 Å². The summed E-state index contributed by atoms with van der Waals surface area (Å²) in [6.07, 6.45) is 0.330. The van der Waals surface area contributed by atoms with Crippen LogP contribution in [0.4, 0.5) is 0 Å². The summed E-state index contributed by atoms with van der Waals surface area (Å²) in [7, 11) is 0. The Balaban J connectivity index is 1.89. The summed E-state index contributed by atoms with van der Waals surface area (Å²) in [5.74, 6) is 0.400. The van der Waals surface area contributed by atoms with Gasteiger partial charge in [0.25, 0.3) is 5.91 Å². The lowest BCUT2D eigenvalue weighted by Crippen LogP contribution is -2.37. The SMILES string of the molecule is O=C1CCN(C(=O)COc2ccc(Cl)cc2Br)CCN1. The Labute approximate surface area is 130 Å². The lowest BCUT2D eigenvalue weighted by Gasteiger charge is -2.19. The van der Waals surface area contributed by atoms with Gasteiger partial charge in [-0.15, -0.1) is 0 Å². The number of carbonyl (C=O) groups is 2. The average Bonchev–Trinajstić information content (AvgIpc) is 2.62. The third-order valence-electron chi connectivity index (χ3n) is 2.91. The van der Waals surface area contributed by atoms with Gasteiger partial charge in [-0.05, 0) is 34.1 Å². The molecule has 1 aliphatic rings. The van der Waals surface area contributed by atoms with Crippen molar-refractivity contribution in [3.63, 3.8) is 0 Å². The molecule has 108 valence electrons. The number of ether oxygens (including phenoxy) is 1. The van der Waals surface area contributed by atoms with Crippen molar-refractivity contribution in [2.75, 3.05) is 26.2 Å². The van der Waals surface area contributed by atoms with Crippen LogP contribution in [-0.4, -0.2) is 43.0 Å². The molecule has 1 saturated heterocycles. The van der Waals surface area contributed by atoms with Crippen molar-refractivity contribution in [3.05, 3.63) is 27.7 Å². The summed E-state index contributed by atoms with van der Waals surface area (Å²) in [5.41, 5.74) is 0. The molecular weight excluding hydrogens is 348 g/mol. The van der Waals surface area contributed by atoms with Gasteiger partial charge in [-0.3, -0.25) is 9.59 Å². The zero-order chi connectivity index (χ0) is 14.5. The standard InChI is InChI=1S/C13H14BrClN2O3/c14-10-7-9(15)1-2-11(10)20-8-13(19)17-5-3-12(18)16-4-6-17/h1-2,7H,3-6,8H2,(H,16,18). The van der Waals surface area contributed by atoms with Crippen LogP contribution in [0.1, 0.15) is 6.42 Å². The maximum absolute atomic E-state index is 12.0. The number of amides is 2. The molecule has 1 aliphatic heterocycles. The van der Waals surface area contributed by atoms with Gasteiger partial charge in [0.1, 0.15) is 5.75 Å². The monoisotopic (exact) mass is 360 g/mol. The highest BCUT2D eigenvalue weighted by molar-refractivity contribution is 9.10. The van der Waals surface area contributed by atoms with Crippen LogP contribution in [-0.2, 0) is 9.59 Å². The lowest BCUT2D eigenvalue weighted by atomic mass is 10.3. The molecule has 7 heteroatoms. The van der Waals surface area contributed by atoms with Crippen molar-refractivity contribution in [2.24, 2.45) is 0 Å². The largest absolute Gasteiger partial charge is 0.483 e. The van der Waals surface area contributed by atoms with Gasteiger partial charge in [0.2, 0.25) is 5.91 Å². The van der Waals surface area contributed by atoms with E-state index in [0.717, 1.165) is 0 Å². The van der Waals surface area contributed by atoms with Crippen molar-refractivity contribution >= 4 is 39.3 Å². The number of nitrogens with zero attached hydrogens (tertiary/aromatic N) is 1. The van der Waals surface area contributed by atoms with E-state index in [1.54, 1.807) is 23.1 Å². The van der Waals surface area contributed by atoms with Crippen LogP contribution in [0.5, 0.6) is 5.75 Å². The van der Waals surface area contributed by atoms with E-state index in [-0.39, 0.29) is 18.4 Å². The first-order valence-electron chi connectivity index (χ1n) is 6.18. The number of hydrogen-bond donors (Lipinski definition) is 1. The molecule has 1 aromatic carbocycles. The highest BCUT2D eigenvalue weighted by atomic mass is 79.9. The molecule has 1 aromatic rings. The molecule has 20 heavy (non-hydrogen) atoms. The lowest BCUT2D eigenvalue weighted by molar-refractivity contribution is -0.133. The number of benzene rings is 1. The Kier molecular flexibility index (Phi) is 5.25. The van der Waals surface area contributed by atoms with Crippen molar-refractivity contribution in [1.29, 1.82) is 0 Å². The zero-order valence-corrected chi connectivity index (χ0v) is 13.0. The summed E-state index contributed by atoms with van der Waals surface area (Å²) in [6.45, 7) is 1.36. The molecular formula is C13H14BrClN2O3. The molecule has 0 unspecified atom stereocenters. The summed E-state index contributed by atoms with van der Waals surface area (Å²) < 4.78 is 6.17. The van der Waals surface area contributed by atoms with Gasteiger partial charge in [-0.1, -0.05) is 11.6 Å². The van der Waals surface area contributed by atoms with Crippen LogP contribution < -0.4 is 10.1 Å². The smallest absolute Gasteiger partial charge is 0.260 e. The van der Waals surface area contributed by atoms with Crippen LogP contribution in [0.15, 0.2) is 22.7 Å². The van der Waals surface area contributed by atoms with E-state index in [1.165, 1.54) is 0 Å². The molecule has 0 radical (unpaired) electrons. The minimum atomic E-state index is -0.136. The topological polar surface area (TPSA) is 58.6 Å². The van der Waals surface area contributed by atoms with E-state index >= 15 is 0 Å². The Morgan fingerprint density at radius 3 is 3.00 bits per heavy atom. The maximum Gasteiger partial charge on any atom is 0.260 e. The number of carbonyl (C=O) groups excluding carboxylic acids is 2. The third-order valence-corrected chi connectivity index (χ3v) is 3.77. The molecule has 0 saturated carbocycles. The van der Waals surface area contributed by atoms with Crippen LogP contribution >= 0.6 is 27.5 Å². The summed E-state index contributed by atoms with van der Waals surface area (Å²) >= 11 is 9.16. The van der Waals surface area contributed by atoms with E-state index < -0.39 is 0 Å². The summed E-state index contributed by atoms with van der Waals surface area (Å²) in [6, 6.07) is 5.10. The van der Waals surface area contributed by atoms with Crippen LogP contribution in [0.25, 0.3) is 0 Å². The van der Waals surface area contributed by atoms with Gasteiger partial charge >= 0.3 is 0 Å². The first kappa shape index (κ1) is 15.1. The summed E-state index contributed by atoms with van der Waals surface area (Å²) in [4.78, 5) is 24.9. The van der Waals surface area contributed by atoms with Gasteiger partial charge in [0, 0.05) is 31.1 Å². The second-order valence-electron chi connectivity index (χ2n) is 4.34. The molecule has 0 spiro atoms. The van der Waals surface area contributed by atoms with Gasteiger partial charge in [0.05, 0.1) is 4.47 Å². The predicted octanol–water partition coefficient (Wildman–Crippen LogP) is 1.83. The number of halogens is 2. The molecule has 1 fully saturated rings. The van der Waals surface area contributed by atoms with Crippen molar-refractivity contribution in [1.82, 2.24) is 10.2 Å². The van der Waals surface area contributed by atoms with E-state index in [0.29, 0.717) is 41.3 Å². The predicted molar refractivity (Wildman–Crippen MR) is 78.9 cm³/mol. The Hall–Kier alpha value is -1.27. The fraction of sp³-hybridized carbons (Fsp3) is 0.385. The van der Waals surface area contributed by atoms with E-state index in [1.807, 2.05) is 0 Å². The minimum Gasteiger partial charge on any atom is -0.483 e. The van der Waals surface area contributed by atoms with E-state index in [2.05, 4.69) is 21.2 Å². The van der Waals surface area contributed by atoms with Crippen molar-refractivity contribution in [3.8, 4) is 5.75 Å². The van der Waals surface area contributed by atoms with Crippen molar-refractivity contribution < 1.29 is 14.3 Å². The second-order valence-corrected chi connectivity index (χ2v) is 5.63. The first-order valence-corrected chi connectivity index (χ1v) is 7.35. The highest BCUT2D eigenvalue weighted by Crippen LogP contribution is 2.27. The van der Waals surface area contributed by atoms with Crippen LogP contribution in [0.3, 0.4) is 0 Å². The highest BCUT2D eigenvalue weighted by Gasteiger charge is 2.18. The molecule has 1 N–H and O–H groups in total. The fourth-order valence-electron chi connectivity index (χ4n) is 1.84. The average molecular weight is 362 g/mol. The Morgan fingerprint density at radius 2 is 2.25 bits per heavy atom. The molecule has 1 heterocycles. The molecule has 2 rings (SSSR count). The van der Waals surface area contributed by atoms with Gasteiger partial charge in [-0.2, -0.15) is 0 Å². The zero-order valence-electron chi connectivity index (χ0n) is 10.7. The normalized spacial score (nSPS) is 15.5. The second kappa shape index (κ2) is 6.95. The molecule has 0 bridgehead atoms. The van der Waals surface area contributed by atoms with Crippen molar-refractivity contribution in [2.45, 2.75) is 6.42 Å². The molecule has 0 aromatic heterocycles. The molecule has 2 amide bonds. The van der Waals surface area contributed by atoms with Gasteiger partial charge in [0.15, 0.2) is 6.61 Å². The Bertz CT molecular complexity index is 524. The Morgan fingerprint density at radius 1 is 1.45 bits per heavy atom. The summed E-state index contributed by atoms with van der Waals surface area (Å²) in [5, 5.41) is 3.31. The van der Waals surface area contributed by atoms with E-state index in [4.69, 9.17) is 16.3 Å². The van der Waals surface area contributed by atoms with Crippen LogP contribution in [0, 0.1) is 0 Å². The maximum atomic E-state index is 12.0. The number of hydrogen-bond acceptors (Lipinski definition) is 3. The third kappa shape index (κ3) is 4.11. The van der Waals surface area contributed by atoms with Crippen LogP contribution in [0.2, 0.25) is 5.02 Å². The first-order chi connectivity index (χ1) is 9.56. The molecule has 0 aliphatic carbocycles. The van der Waals surface area contributed by atoms with Gasteiger partial charge in [-0.25, -0.2) is 0 Å². The molecule has 0 atom stereocenters.